The number of ketones is 2. The van der Waals surface area contributed by atoms with Gasteiger partial charge in [-0.25, -0.2) is 0 Å². The molecule has 0 bridgehead atoms. The average Bonchev–Trinajstić information content (AvgIpc) is 2.79. The molecule has 1 fully saturated rings. The minimum Gasteiger partial charge on any atom is -0.288 e. The summed E-state index contributed by atoms with van der Waals surface area (Å²) in [7, 11) is 0. The van der Waals surface area contributed by atoms with Crippen molar-refractivity contribution in [2.45, 2.75) is 61.8 Å². The maximum absolute atomic E-state index is 12.4. The second-order valence-corrected chi connectivity index (χ2v) is 5.05. The molecule has 0 heterocycles. The highest BCUT2D eigenvalue weighted by Crippen LogP contribution is 2.33. The molecule has 126 valence electrons. The summed E-state index contributed by atoms with van der Waals surface area (Å²) in [6.07, 6.45) is 8.25. The van der Waals surface area contributed by atoms with Gasteiger partial charge in [0.15, 0.2) is 11.6 Å². The number of hydrogen-bond acceptors (Lipinski definition) is 2. The summed E-state index contributed by atoms with van der Waals surface area (Å²) >= 11 is 0. The molecule has 0 atom stereocenters. The molecule has 0 aromatic carbocycles. The zero-order chi connectivity index (χ0) is 18.2. The van der Waals surface area contributed by atoms with E-state index in [0.717, 1.165) is 12.0 Å². The lowest BCUT2D eigenvalue weighted by molar-refractivity contribution is -0.115. The third-order valence-electron chi connectivity index (χ3n) is 3.46. The summed E-state index contributed by atoms with van der Waals surface area (Å²) in [4.78, 5) is 24.8. The summed E-state index contributed by atoms with van der Waals surface area (Å²) in [5, 5.41) is 0. The summed E-state index contributed by atoms with van der Waals surface area (Å²) < 4.78 is 0. The van der Waals surface area contributed by atoms with E-state index in [1.54, 1.807) is 26.0 Å². The van der Waals surface area contributed by atoms with Crippen LogP contribution in [0.2, 0.25) is 0 Å². The molecule has 2 rings (SSSR count). The summed E-state index contributed by atoms with van der Waals surface area (Å²) in [6, 6.07) is 0. The quantitative estimate of drug-likeness (QED) is 0.426. The first-order chi connectivity index (χ1) is 11.0. The summed E-state index contributed by atoms with van der Waals surface area (Å²) in [5.41, 5.74) is 4.49. The lowest BCUT2D eigenvalue weighted by atomic mass is 9.92. The molecule has 0 radical (unpaired) electrons. The lowest BCUT2D eigenvalue weighted by Gasteiger charge is -2.11. The molecule has 0 spiro atoms. The fraction of sp³-hybridized carbons (Fsp3) is 0.429. The number of hydrogen-bond donors (Lipinski definition) is 0. The van der Waals surface area contributed by atoms with Crippen LogP contribution >= 0.6 is 0 Å². The number of carbonyl (C=O) groups is 2. The van der Waals surface area contributed by atoms with Crippen LogP contribution in [0.5, 0.6) is 0 Å². The van der Waals surface area contributed by atoms with Gasteiger partial charge in [-0.15, -0.1) is 0 Å². The van der Waals surface area contributed by atoms with Gasteiger partial charge in [0.1, 0.15) is 0 Å². The van der Waals surface area contributed by atoms with E-state index in [-0.39, 0.29) is 11.6 Å². The molecule has 0 aromatic heterocycles. The van der Waals surface area contributed by atoms with E-state index < -0.39 is 0 Å². The molecular weight excluding hydrogens is 284 g/mol. The van der Waals surface area contributed by atoms with Crippen LogP contribution in [-0.2, 0) is 9.59 Å². The highest BCUT2D eigenvalue weighted by atomic mass is 16.2. The van der Waals surface area contributed by atoms with Gasteiger partial charge >= 0.3 is 0 Å². The molecule has 2 aliphatic carbocycles. The largest absolute Gasteiger partial charge is 0.288 e. The molecule has 2 heteroatoms. The van der Waals surface area contributed by atoms with Crippen molar-refractivity contribution in [2.24, 2.45) is 0 Å². The number of rotatable bonds is 0. The average molecular weight is 314 g/mol. The van der Waals surface area contributed by atoms with Gasteiger partial charge in [-0.1, -0.05) is 63.1 Å². The number of Topliss-reactive ketones (excluding diaryl/α,β-unsaturated/α-hetero) is 2. The molecule has 0 unspecified atom stereocenters. The first-order valence-corrected chi connectivity index (χ1v) is 8.50. The minimum atomic E-state index is -0.148. The van der Waals surface area contributed by atoms with Crippen molar-refractivity contribution in [1.29, 1.82) is 0 Å². The van der Waals surface area contributed by atoms with Gasteiger partial charge in [0, 0.05) is 11.1 Å². The van der Waals surface area contributed by atoms with Crippen molar-refractivity contribution < 1.29 is 9.59 Å². The van der Waals surface area contributed by atoms with Crippen molar-refractivity contribution in [1.82, 2.24) is 0 Å². The molecule has 0 aliphatic heterocycles. The normalized spacial score (nSPS) is 20.7. The predicted molar refractivity (Wildman–Crippen MR) is 99.4 cm³/mol. The van der Waals surface area contributed by atoms with E-state index in [1.807, 2.05) is 53.7 Å². The fourth-order valence-electron chi connectivity index (χ4n) is 2.71. The number of carbonyl (C=O) groups excluding carboxylic acids is 2. The molecule has 2 nitrogen and oxygen atoms in total. The topological polar surface area (TPSA) is 34.1 Å². The highest BCUT2D eigenvalue weighted by Gasteiger charge is 2.37. The molecule has 0 N–H and O–H groups in total. The van der Waals surface area contributed by atoms with Gasteiger partial charge in [-0.05, 0) is 39.7 Å². The smallest absolute Gasteiger partial charge is 0.197 e. The van der Waals surface area contributed by atoms with Crippen molar-refractivity contribution in [3.8, 4) is 0 Å². The van der Waals surface area contributed by atoms with Crippen LogP contribution < -0.4 is 0 Å². The Bertz CT molecular complexity index is 568. The third kappa shape index (κ3) is 4.51. The molecule has 1 saturated carbocycles. The van der Waals surface area contributed by atoms with E-state index in [2.05, 4.69) is 0 Å². The summed E-state index contributed by atoms with van der Waals surface area (Å²) in [6.45, 7) is 15.6. The van der Waals surface area contributed by atoms with E-state index in [0.29, 0.717) is 16.7 Å². The Balaban J connectivity index is 0.00000112. The van der Waals surface area contributed by atoms with E-state index in [4.69, 9.17) is 0 Å². The van der Waals surface area contributed by atoms with Crippen molar-refractivity contribution in [2.75, 3.05) is 0 Å². The van der Waals surface area contributed by atoms with E-state index in [9.17, 15) is 9.59 Å². The van der Waals surface area contributed by atoms with Crippen LogP contribution in [0.3, 0.4) is 0 Å². The SMILES string of the molecule is C/C=C1/C(=O)C(=C2C=C(C)CC(C)=C2)C(=O)/C1=C/C.CC.CC. The van der Waals surface area contributed by atoms with Crippen molar-refractivity contribution in [3.63, 3.8) is 0 Å². The Morgan fingerprint density at radius 3 is 1.43 bits per heavy atom. The fourth-order valence-corrected chi connectivity index (χ4v) is 2.71. The zero-order valence-corrected chi connectivity index (χ0v) is 15.8. The van der Waals surface area contributed by atoms with E-state index >= 15 is 0 Å². The third-order valence-corrected chi connectivity index (χ3v) is 3.46. The van der Waals surface area contributed by atoms with Gasteiger partial charge < -0.3 is 0 Å². The Morgan fingerprint density at radius 2 is 1.13 bits per heavy atom. The monoisotopic (exact) mass is 314 g/mol. The van der Waals surface area contributed by atoms with Crippen LogP contribution in [0.4, 0.5) is 0 Å². The highest BCUT2D eigenvalue weighted by molar-refractivity contribution is 6.42. The maximum Gasteiger partial charge on any atom is 0.197 e. The van der Waals surface area contributed by atoms with Crippen molar-refractivity contribution >= 4 is 11.6 Å². The van der Waals surface area contributed by atoms with Crippen LogP contribution in [0.15, 0.2) is 57.7 Å². The summed E-state index contributed by atoms with van der Waals surface area (Å²) in [5.74, 6) is -0.295. The van der Waals surface area contributed by atoms with Gasteiger partial charge in [0.25, 0.3) is 0 Å². The predicted octanol–water partition coefficient (Wildman–Crippen LogP) is 5.68. The van der Waals surface area contributed by atoms with Crippen LogP contribution in [-0.4, -0.2) is 11.6 Å². The Morgan fingerprint density at radius 1 is 0.783 bits per heavy atom. The van der Waals surface area contributed by atoms with Gasteiger partial charge in [-0.2, -0.15) is 0 Å². The van der Waals surface area contributed by atoms with Crippen LogP contribution in [0, 0.1) is 0 Å². The van der Waals surface area contributed by atoms with Crippen molar-refractivity contribution in [3.05, 3.63) is 57.7 Å². The van der Waals surface area contributed by atoms with Gasteiger partial charge in [0.05, 0.1) is 5.57 Å². The molecule has 0 aromatic rings. The van der Waals surface area contributed by atoms with Crippen LogP contribution in [0.25, 0.3) is 0 Å². The number of allylic oxidation sites excluding steroid dienone is 10. The maximum atomic E-state index is 12.4. The molecule has 2 aliphatic rings. The molecule has 0 saturated heterocycles. The first kappa shape index (κ1) is 21.0. The Hall–Kier alpha value is -1.96. The second kappa shape index (κ2) is 9.94. The Labute approximate surface area is 141 Å². The van der Waals surface area contributed by atoms with Crippen LogP contribution in [0.1, 0.15) is 61.8 Å². The molecule has 0 amide bonds. The van der Waals surface area contributed by atoms with Gasteiger partial charge in [-0.3, -0.25) is 9.59 Å². The molecule has 23 heavy (non-hydrogen) atoms. The van der Waals surface area contributed by atoms with Gasteiger partial charge in [0.2, 0.25) is 0 Å². The second-order valence-electron chi connectivity index (χ2n) is 5.05. The van der Waals surface area contributed by atoms with E-state index in [1.165, 1.54) is 11.1 Å². The molecular formula is C21H30O2. The standard InChI is InChI=1S/C17H18O2.2C2H6/c1-5-13-14(6-2)17(19)15(16(13)18)12-8-10(3)7-11(4)9-12;2*1-2/h5-6,8-9H,7H2,1-4H3;2*1-2H3/b13-5+,14-6+;;. The Kier molecular flexibility index (Phi) is 9.09. The first-order valence-electron chi connectivity index (χ1n) is 8.50. The minimum absolute atomic E-state index is 0.148. The lowest BCUT2D eigenvalue weighted by Crippen LogP contribution is -2.06. The zero-order valence-electron chi connectivity index (χ0n) is 15.8.